The van der Waals surface area contributed by atoms with Crippen molar-refractivity contribution >= 4 is 10.8 Å². The molecule has 106 valence electrons. The molecule has 0 spiro atoms. The summed E-state index contributed by atoms with van der Waals surface area (Å²) in [6.07, 6.45) is 4.90. The smallest absolute Gasteiger partial charge is 0.0725 e. The van der Waals surface area contributed by atoms with E-state index in [1.54, 1.807) is 0 Å². The van der Waals surface area contributed by atoms with Gasteiger partial charge >= 0.3 is 0 Å². The molecule has 0 bridgehead atoms. The lowest BCUT2D eigenvalue weighted by Gasteiger charge is -2.18. The zero-order chi connectivity index (χ0) is 13.9. The molecule has 3 heteroatoms. The van der Waals surface area contributed by atoms with E-state index in [2.05, 4.69) is 46.7 Å². The molecule has 1 aliphatic rings. The molecule has 1 fully saturated rings. The molecule has 1 atom stereocenters. The van der Waals surface area contributed by atoms with E-state index >= 15 is 0 Å². The van der Waals surface area contributed by atoms with Gasteiger partial charge in [0.2, 0.25) is 0 Å². The van der Waals surface area contributed by atoms with Crippen LogP contribution < -0.4 is 5.32 Å². The molecule has 1 unspecified atom stereocenters. The topological polar surface area (TPSA) is 37.8 Å². The summed E-state index contributed by atoms with van der Waals surface area (Å²) in [5, 5.41) is 15.0. The summed E-state index contributed by atoms with van der Waals surface area (Å²) in [7, 11) is 0. The van der Waals surface area contributed by atoms with E-state index < -0.39 is 0 Å². The molecule has 0 amide bonds. The van der Waals surface area contributed by atoms with E-state index in [1.807, 2.05) is 6.92 Å². The Balaban J connectivity index is 1.87. The first-order chi connectivity index (χ1) is 9.79. The third kappa shape index (κ3) is 2.83. The Morgan fingerprint density at radius 1 is 1.20 bits per heavy atom. The van der Waals surface area contributed by atoms with Crippen LogP contribution in [0.2, 0.25) is 0 Å². The maximum atomic E-state index is 4.47. The number of hydrogen-bond acceptors (Lipinski definition) is 3. The largest absolute Gasteiger partial charge is 0.313 e. The van der Waals surface area contributed by atoms with Crippen LogP contribution in [0.3, 0.4) is 0 Å². The maximum absolute atomic E-state index is 4.47. The average molecular weight is 269 g/mol. The van der Waals surface area contributed by atoms with Gasteiger partial charge in [0, 0.05) is 23.2 Å². The number of aryl methyl sites for hydroxylation is 1. The van der Waals surface area contributed by atoms with Gasteiger partial charge in [-0.2, -0.15) is 10.2 Å². The standard InChI is InChI=1S/C17H23N3/c1-3-10-18-16(13-8-9-13)11-17-15-7-5-4-6-14(15)12(2)19-20-17/h4-7,13,16,18H,3,8-11H2,1-2H3. The van der Waals surface area contributed by atoms with Crippen molar-refractivity contribution in [1.29, 1.82) is 0 Å². The second kappa shape index (κ2) is 5.88. The van der Waals surface area contributed by atoms with Gasteiger partial charge in [0.25, 0.3) is 0 Å². The second-order valence-electron chi connectivity index (χ2n) is 5.88. The minimum Gasteiger partial charge on any atom is -0.313 e. The highest BCUT2D eigenvalue weighted by Gasteiger charge is 2.31. The minimum absolute atomic E-state index is 0.565. The fraction of sp³-hybridized carbons (Fsp3) is 0.529. The van der Waals surface area contributed by atoms with Crippen molar-refractivity contribution in [2.24, 2.45) is 5.92 Å². The van der Waals surface area contributed by atoms with Crippen molar-refractivity contribution in [3.05, 3.63) is 35.7 Å². The Hall–Kier alpha value is -1.48. The van der Waals surface area contributed by atoms with Crippen LogP contribution >= 0.6 is 0 Å². The summed E-state index contributed by atoms with van der Waals surface area (Å²) in [6, 6.07) is 9.06. The lowest BCUT2D eigenvalue weighted by Crippen LogP contribution is -2.34. The third-order valence-corrected chi connectivity index (χ3v) is 4.21. The molecular formula is C17H23N3. The first-order valence-corrected chi connectivity index (χ1v) is 7.74. The van der Waals surface area contributed by atoms with E-state index in [9.17, 15) is 0 Å². The fourth-order valence-corrected chi connectivity index (χ4v) is 2.89. The van der Waals surface area contributed by atoms with Crippen molar-refractivity contribution in [2.75, 3.05) is 6.54 Å². The van der Waals surface area contributed by atoms with Gasteiger partial charge in [-0.15, -0.1) is 0 Å². The molecule has 1 N–H and O–H groups in total. The van der Waals surface area contributed by atoms with Gasteiger partial charge in [-0.3, -0.25) is 0 Å². The van der Waals surface area contributed by atoms with E-state index in [1.165, 1.54) is 30.0 Å². The zero-order valence-electron chi connectivity index (χ0n) is 12.4. The first-order valence-electron chi connectivity index (χ1n) is 7.74. The number of rotatable bonds is 6. The minimum atomic E-state index is 0.565. The van der Waals surface area contributed by atoms with Crippen LogP contribution in [0.25, 0.3) is 10.8 Å². The molecular weight excluding hydrogens is 246 g/mol. The molecule has 3 nitrogen and oxygen atoms in total. The second-order valence-corrected chi connectivity index (χ2v) is 5.88. The molecule has 0 saturated heterocycles. The molecule has 2 aromatic rings. The van der Waals surface area contributed by atoms with E-state index in [0.29, 0.717) is 6.04 Å². The molecule has 1 heterocycles. The summed E-state index contributed by atoms with van der Waals surface area (Å²) < 4.78 is 0. The van der Waals surface area contributed by atoms with Gasteiger partial charge in [0.1, 0.15) is 0 Å². The highest BCUT2D eigenvalue weighted by molar-refractivity contribution is 5.86. The van der Waals surface area contributed by atoms with Crippen LogP contribution in [0, 0.1) is 12.8 Å². The predicted octanol–water partition coefficient (Wildman–Crippen LogP) is 3.26. The molecule has 1 saturated carbocycles. The van der Waals surface area contributed by atoms with E-state index in [0.717, 1.165) is 30.3 Å². The Kier molecular flexibility index (Phi) is 3.97. The molecule has 1 aromatic carbocycles. The lowest BCUT2D eigenvalue weighted by molar-refractivity contribution is 0.456. The van der Waals surface area contributed by atoms with E-state index in [4.69, 9.17) is 0 Å². The molecule has 0 aliphatic heterocycles. The quantitative estimate of drug-likeness (QED) is 0.874. The van der Waals surface area contributed by atoms with Crippen molar-refractivity contribution in [1.82, 2.24) is 15.5 Å². The van der Waals surface area contributed by atoms with Crippen molar-refractivity contribution in [2.45, 2.75) is 45.6 Å². The van der Waals surface area contributed by atoms with Crippen molar-refractivity contribution < 1.29 is 0 Å². The highest BCUT2D eigenvalue weighted by Crippen LogP contribution is 2.34. The van der Waals surface area contributed by atoms with Gasteiger partial charge in [-0.1, -0.05) is 31.2 Å². The monoisotopic (exact) mass is 269 g/mol. The van der Waals surface area contributed by atoms with Gasteiger partial charge < -0.3 is 5.32 Å². The van der Waals surface area contributed by atoms with Crippen molar-refractivity contribution in [3.8, 4) is 0 Å². The number of nitrogens with zero attached hydrogens (tertiary/aromatic N) is 2. The van der Waals surface area contributed by atoms with Gasteiger partial charge in [-0.25, -0.2) is 0 Å². The molecule has 3 rings (SSSR count). The Morgan fingerprint density at radius 2 is 1.95 bits per heavy atom. The van der Waals surface area contributed by atoms with Crippen LogP contribution in [0.5, 0.6) is 0 Å². The summed E-state index contributed by atoms with van der Waals surface area (Å²) in [6.45, 7) is 5.35. The summed E-state index contributed by atoms with van der Waals surface area (Å²) in [5.74, 6) is 0.836. The highest BCUT2D eigenvalue weighted by atomic mass is 15.1. The van der Waals surface area contributed by atoms with Gasteiger partial charge in [-0.05, 0) is 38.6 Å². The number of fused-ring (bicyclic) bond motifs is 1. The number of nitrogens with one attached hydrogen (secondary N) is 1. The maximum Gasteiger partial charge on any atom is 0.0725 e. The van der Waals surface area contributed by atoms with Crippen molar-refractivity contribution in [3.63, 3.8) is 0 Å². The Bertz CT molecular complexity index is 590. The molecule has 20 heavy (non-hydrogen) atoms. The van der Waals surface area contributed by atoms with Gasteiger partial charge in [0.05, 0.1) is 11.4 Å². The van der Waals surface area contributed by atoms with Gasteiger partial charge in [0.15, 0.2) is 0 Å². The number of hydrogen-bond donors (Lipinski definition) is 1. The van der Waals surface area contributed by atoms with Crippen LogP contribution in [-0.4, -0.2) is 22.8 Å². The van der Waals surface area contributed by atoms with Crippen LogP contribution in [0.15, 0.2) is 24.3 Å². The zero-order valence-corrected chi connectivity index (χ0v) is 12.4. The first kappa shape index (κ1) is 13.5. The predicted molar refractivity (Wildman–Crippen MR) is 82.8 cm³/mol. The van der Waals surface area contributed by atoms with Crippen LogP contribution in [0.1, 0.15) is 37.6 Å². The summed E-state index contributed by atoms with van der Waals surface area (Å²) in [5.41, 5.74) is 2.17. The fourth-order valence-electron chi connectivity index (χ4n) is 2.89. The van der Waals surface area contributed by atoms with E-state index in [-0.39, 0.29) is 0 Å². The Morgan fingerprint density at radius 3 is 2.65 bits per heavy atom. The normalized spacial score (nSPS) is 16.5. The average Bonchev–Trinajstić information content (AvgIpc) is 3.31. The Labute approximate surface area is 120 Å². The summed E-state index contributed by atoms with van der Waals surface area (Å²) >= 11 is 0. The van der Waals surface area contributed by atoms with Crippen LogP contribution in [-0.2, 0) is 6.42 Å². The summed E-state index contributed by atoms with van der Waals surface area (Å²) in [4.78, 5) is 0. The number of aromatic nitrogens is 2. The SMILES string of the molecule is CCCNC(Cc1nnc(C)c2ccccc12)C1CC1. The lowest BCUT2D eigenvalue weighted by atomic mass is 10.0. The number of benzene rings is 1. The molecule has 1 aliphatic carbocycles. The molecule has 0 radical (unpaired) electrons. The third-order valence-electron chi connectivity index (χ3n) is 4.21. The van der Waals surface area contributed by atoms with Crippen LogP contribution in [0.4, 0.5) is 0 Å². The molecule has 1 aromatic heterocycles.